The first-order chi connectivity index (χ1) is 29.1. The molecule has 0 bridgehead atoms. The lowest BCUT2D eigenvalue weighted by atomic mass is 10.1. The molecular formula is C48H80NO10P. The van der Waals surface area contributed by atoms with Crippen molar-refractivity contribution in [1.82, 2.24) is 0 Å². The number of nitrogens with two attached hydrogens (primary N) is 1. The van der Waals surface area contributed by atoms with Crippen LogP contribution in [-0.4, -0.2) is 59.9 Å². The highest BCUT2D eigenvalue weighted by atomic mass is 31.2. The third-order valence-corrected chi connectivity index (χ3v) is 10.1. The van der Waals surface area contributed by atoms with Gasteiger partial charge in [0.25, 0.3) is 0 Å². The maximum Gasteiger partial charge on any atom is 0.472 e. The molecule has 0 aromatic heterocycles. The molecule has 0 aromatic rings. The number of ether oxygens (including phenoxy) is 2. The Balaban J connectivity index is 4.48. The van der Waals surface area contributed by atoms with Crippen LogP contribution in [0.4, 0.5) is 0 Å². The predicted molar refractivity (Wildman–Crippen MR) is 244 cm³/mol. The number of carbonyl (C=O) groups is 3. The zero-order valence-corrected chi connectivity index (χ0v) is 37.9. The van der Waals surface area contributed by atoms with Crippen molar-refractivity contribution < 1.29 is 47.5 Å². The predicted octanol–water partition coefficient (Wildman–Crippen LogP) is 12.3. The Morgan fingerprint density at radius 3 is 1.47 bits per heavy atom. The third kappa shape index (κ3) is 41.4. The molecule has 0 aliphatic rings. The molecule has 0 fully saturated rings. The minimum atomic E-state index is -4.74. The Hall–Kier alpha value is -3.34. The first-order valence-corrected chi connectivity index (χ1v) is 24.1. The second-order valence-electron chi connectivity index (χ2n) is 14.8. The fraction of sp³-hybridized carbons (Fsp3) is 0.646. The zero-order valence-electron chi connectivity index (χ0n) is 37.0. The molecule has 11 nitrogen and oxygen atoms in total. The van der Waals surface area contributed by atoms with Crippen molar-refractivity contribution in [3.63, 3.8) is 0 Å². The Bertz CT molecular complexity index is 1340. The SMILES string of the molecule is CC/C=C\C/C=C\C/C=C\C/C=C\C/C=C\C/C=C\CCC(=O)OC(COC(=O)CCCCCCCCC/C=C\CCCCCCCC)COP(=O)(O)OCC(N)C(=O)O. The van der Waals surface area contributed by atoms with E-state index in [0.717, 1.165) is 57.8 Å². The van der Waals surface area contributed by atoms with Crippen molar-refractivity contribution in [2.24, 2.45) is 5.73 Å². The van der Waals surface area contributed by atoms with Crippen molar-refractivity contribution in [2.45, 2.75) is 180 Å². The molecule has 0 amide bonds. The van der Waals surface area contributed by atoms with Crippen molar-refractivity contribution in [2.75, 3.05) is 19.8 Å². The van der Waals surface area contributed by atoms with Gasteiger partial charge in [0.2, 0.25) is 0 Å². The number of carbonyl (C=O) groups excluding carboxylic acids is 2. The Morgan fingerprint density at radius 2 is 0.967 bits per heavy atom. The van der Waals surface area contributed by atoms with Gasteiger partial charge in [0.05, 0.1) is 13.2 Å². The first kappa shape index (κ1) is 56.7. The number of phosphoric ester groups is 1. The van der Waals surface area contributed by atoms with Gasteiger partial charge in [-0.3, -0.25) is 23.4 Å². The van der Waals surface area contributed by atoms with Crippen LogP contribution in [0.5, 0.6) is 0 Å². The van der Waals surface area contributed by atoms with Crippen LogP contribution in [-0.2, 0) is 37.5 Å². The second kappa shape index (κ2) is 42.4. The average Bonchev–Trinajstić information content (AvgIpc) is 3.22. The normalized spacial score (nSPS) is 14.5. The molecule has 342 valence electrons. The molecule has 0 saturated heterocycles. The molecule has 0 radical (unpaired) electrons. The minimum absolute atomic E-state index is 0.0311. The molecule has 60 heavy (non-hydrogen) atoms. The Labute approximate surface area is 362 Å². The van der Waals surface area contributed by atoms with E-state index in [4.69, 9.17) is 24.8 Å². The quantitative estimate of drug-likeness (QED) is 0.0231. The average molecular weight is 862 g/mol. The van der Waals surface area contributed by atoms with Crippen molar-refractivity contribution in [3.8, 4) is 0 Å². The number of hydrogen-bond acceptors (Lipinski definition) is 9. The molecule has 0 saturated carbocycles. The summed E-state index contributed by atoms with van der Waals surface area (Å²) in [5.41, 5.74) is 5.33. The Morgan fingerprint density at radius 1 is 0.533 bits per heavy atom. The summed E-state index contributed by atoms with van der Waals surface area (Å²) in [7, 11) is -4.74. The largest absolute Gasteiger partial charge is 0.480 e. The zero-order chi connectivity index (χ0) is 44.2. The lowest BCUT2D eigenvalue weighted by molar-refractivity contribution is -0.161. The molecular weight excluding hydrogens is 781 g/mol. The fourth-order valence-corrected chi connectivity index (χ4v) is 6.39. The van der Waals surface area contributed by atoms with E-state index in [0.29, 0.717) is 19.3 Å². The number of phosphoric acid groups is 1. The summed E-state index contributed by atoms with van der Waals surface area (Å²) in [6, 6.07) is -1.54. The lowest BCUT2D eigenvalue weighted by Crippen LogP contribution is -2.34. The van der Waals surface area contributed by atoms with Crippen LogP contribution < -0.4 is 5.73 Å². The minimum Gasteiger partial charge on any atom is -0.480 e. The molecule has 0 heterocycles. The molecule has 3 atom stereocenters. The van der Waals surface area contributed by atoms with E-state index in [1.54, 1.807) is 0 Å². The Kier molecular flexibility index (Phi) is 40.0. The molecule has 0 aromatic carbocycles. The summed E-state index contributed by atoms with van der Waals surface area (Å²) in [6.45, 7) is 2.60. The van der Waals surface area contributed by atoms with E-state index >= 15 is 0 Å². The molecule has 3 unspecified atom stereocenters. The summed E-state index contributed by atoms with van der Waals surface area (Å²) in [5.74, 6) is -2.50. The summed E-state index contributed by atoms with van der Waals surface area (Å²) >= 11 is 0. The van der Waals surface area contributed by atoms with Gasteiger partial charge < -0.3 is 25.2 Å². The monoisotopic (exact) mass is 862 g/mol. The summed E-state index contributed by atoms with van der Waals surface area (Å²) in [5, 5.41) is 8.90. The maximum atomic E-state index is 12.6. The van der Waals surface area contributed by atoms with E-state index in [1.807, 2.05) is 18.2 Å². The van der Waals surface area contributed by atoms with Gasteiger partial charge in [0.15, 0.2) is 6.10 Å². The first-order valence-electron chi connectivity index (χ1n) is 22.6. The van der Waals surface area contributed by atoms with E-state index in [2.05, 4.69) is 85.2 Å². The summed E-state index contributed by atoms with van der Waals surface area (Å²) < 4.78 is 32.6. The van der Waals surface area contributed by atoms with Gasteiger partial charge in [-0.25, -0.2) is 4.57 Å². The van der Waals surface area contributed by atoms with Crippen LogP contribution in [0.25, 0.3) is 0 Å². The molecule has 12 heteroatoms. The highest BCUT2D eigenvalue weighted by Gasteiger charge is 2.28. The van der Waals surface area contributed by atoms with E-state index in [-0.39, 0.29) is 19.4 Å². The van der Waals surface area contributed by atoms with Crippen LogP contribution in [0, 0.1) is 0 Å². The van der Waals surface area contributed by atoms with Crippen LogP contribution in [0.3, 0.4) is 0 Å². The van der Waals surface area contributed by atoms with Crippen LogP contribution in [0.15, 0.2) is 85.1 Å². The molecule has 0 spiro atoms. The highest BCUT2D eigenvalue weighted by molar-refractivity contribution is 7.47. The summed E-state index contributed by atoms with van der Waals surface area (Å²) in [4.78, 5) is 46.0. The lowest BCUT2D eigenvalue weighted by Gasteiger charge is -2.20. The molecule has 4 N–H and O–H groups in total. The van der Waals surface area contributed by atoms with E-state index in [1.165, 1.54) is 64.2 Å². The van der Waals surface area contributed by atoms with Crippen molar-refractivity contribution in [3.05, 3.63) is 85.1 Å². The maximum absolute atomic E-state index is 12.6. The van der Waals surface area contributed by atoms with Gasteiger partial charge in [-0.2, -0.15) is 0 Å². The van der Waals surface area contributed by atoms with Crippen LogP contribution in [0.1, 0.15) is 168 Å². The molecule has 0 aliphatic heterocycles. The standard InChI is InChI=1S/C48H80NO10P/c1-3-5-7-9-11-13-15-17-19-21-22-24-26-28-30-32-34-36-38-40-47(51)59-44(42-57-60(54,55)58-43-45(49)48(52)53)41-56-46(50)39-37-35-33-31-29-27-25-23-20-18-16-14-12-10-8-6-4-2/h5,7,11,13,17-20,22,24,28,30,34,36,44-45H,3-4,6,8-10,12,14-16,21,23,25-27,29,31-33,35,37-43,49H2,1-2H3,(H,52,53)(H,54,55)/b7-5-,13-11-,19-17-,20-18-,24-22-,30-28-,36-34-. The number of carboxylic acids is 1. The van der Waals surface area contributed by atoms with Gasteiger partial charge in [0, 0.05) is 12.8 Å². The van der Waals surface area contributed by atoms with Crippen LogP contribution >= 0.6 is 7.82 Å². The number of carboxylic acid groups (broad SMARTS) is 1. The van der Waals surface area contributed by atoms with Gasteiger partial charge in [0.1, 0.15) is 12.6 Å². The van der Waals surface area contributed by atoms with E-state index in [9.17, 15) is 23.8 Å². The molecule has 0 aliphatic carbocycles. The summed E-state index contributed by atoms with van der Waals surface area (Å²) in [6.07, 6.45) is 52.3. The number of allylic oxidation sites excluding steroid dienone is 14. The topological polar surface area (TPSA) is 172 Å². The van der Waals surface area contributed by atoms with Gasteiger partial charge in [-0.1, -0.05) is 163 Å². The third-order valence-electron chi connectivity index (χ3n) is 9.14. The number of hydrogen-bond donors (Lipinski definition) is 3. The van der Waals surface area contributed by atoms with Gasteiger partial charge in [-0.05, 0) is 77.0 Å². The second-order valence-corrected chi connectivity index (χ2v) is 16.2. The van der Waals surface area contributed by atoms with Gasteiger partial charge >= 0.3 is 25.7 Å². The number of rotatable bonds is 41. The van der Waals surface area contributed by atoms with Crippen molar-refractivity contribution >= 4 is 25.7 Å². The number of esters is 2. The highest BCUT2D eigenvalue weighted by Crippen LogP contribution is 2.43. The van der Waals surface area contributed by atoms with Crippen LogP contribution in [0.2, 0.25) is 0 Å². The number of aliphatic carboxylic acids is 1. The van der Waals surface area contributed by atoms with Crippen molar-refractivity contribution in [1.29, 1.82) is 0 Å². The van der Waals surface area contributed by atoms with Gasteiger partial charge in [-0.15, -0.1) is 0 Å². The molecule has 0 rings (SSSR count). The fourth-order valence-electron chi connectivity index (χ4n) is 5.61. The smallest absolute Gasteiger partial charge is 0.472 e. The van der Waals surface area contributed by atoms with E-state index < -0.39 is 51.1 Å². The number of unbranched alkanes of at least 4 members (excludes halogenated alkanes) is 13.